The molecule has 2 amide bonds. The summed E-state index contributed by atoms with van der Waals surface area (Å²) in [4.78, 5) is 29.2. The smallest absolute Gasteiger partial charge is 0.224 e. The summed E-state index contributed by atoms with van der Waals surface area (Å²) in [6.07, 6.45) is 18.6. The van der Waals surface area contributed by atoms with Gasteiger partial charge in [-0.3, -0.25) is 9.59 Å². The summed E-state index contributed by atoms with van der Waals surface area (Å²) in [5.41, 5.74) is 0. The van der Waals surface area contributed by atoms with E-state index < -0.39 is 0 Å². The first-order chi connectivity index (χ1) is 15.6. The topological polar surface area (TPSA) is 52.7 Å². The molecule has 0 aromatic carbocycles. The molecule has 1 aliphatic rings. The van der Waals surface area contributed by atoms with Gasteiger partial charge in [-0.25, -0.2) is 0 Å². The highest BCUT2D eigenvalue weighted by Crippen LogP contribution is 2.25. The molecular weight excluding hydrogens is 418 g/mol. The van der Waals surface area contributed by atoms with Crippen LogP contribution in [-0.2, 0) is 9.59 Å². The number of hydrogen-bond acceptors (Lipinski definition) is 4. The maximum absolute atomic E-state index is 12.7. The van der Waals surface area contributed by atoms with Crippen LogP contribution in [0.1, 0.15) is 110 Å². The molecule has 5 nitrogen and oxygen atoms in total. The number of thioether (sulfide) groups is 1. The molecular formula is C26H51N3O2S. The molecule has 1 fully saturated rings. The fourth-order valence-electron chi connectivity index (χ4n) is 4.32. The van der Waals surface area contributed by atoms with Crippen molar-refractivity contribution in [2.24, 2.45) is 0 Å². The summed E-state index contributed by atoms with van der Waals surface area (Å²) in [5, 5.41) is 3.17. The molecule has 1 N–H and O–H groups in total. The van der Waals surface area contributed by atoms with Crippen molar-refractivity contribution < 1.29 is 9.59 Å². The number of carbonyl (C=O) groups is 2. The van der Waals surface area contributed by atoms with Crippen LogP contribution in [0.3, 0.4) is 0 Å². The Morgan fingerprint density at radius 2 is 1.50 bits per heavy atom. The second kappa shape index (κ2) is 19.7. The molecule has 0 aliphatic carbocycles. The number of amides is 2. The van der Waals surface area contributed by atoms with E-state index in [0.29, 0.717) is 12.8 Å². The third kappa shape index (κ3) is 13.7. The highest BCUT2D eigenvalue weighted by molar-refractivity contribution is 7.99. The number of unbranched alkanes of at least 4 members (excludes halogenated alkanes) is 12. The van der Waals surface area contributed by atoms with Crippen molar-refractivity contribution in [1.29, 1.82) is 0 Å². The Morgan fingerprint density at radius 3 is 2.16 bits per heavy atom. The maximum Gasteiger partial charge on any atom is 0.224 e. The number of carbonyl (C=O) groups excluding carboxylic acids is 2. The number of nitrogens with zero attached hydrogens (tertiary/aromatic N) is 2. The van der Waals surface area contributed by atoms with Crippen molar-refractivity contribution in [1.82, 2.24) is 15.1 Å². The molecule has 0 bridgehead atoms. The van der Waals surface area contributed by atoms with E-state index in [9.17, 15) is 9.59 Å². The van der Waals surface area contributed by atoms with Gasteiger partial charge in [0.05, 0.1) is 11.9 Å². The minimum absolute atomic E-state index is 0.0844. The normalized spacial score (nSPS) is 16.0. The van der Waals surface area contributed by atoms with E-state index in [4.69, 9.17) is 0 Å². The number of rotatable bonds is 20. The van der Waals surface area contributed by atoms with E-state index in [-0.39, 0.29) is 17.9 Å². The summed E-state index contributed by atoms with van der Waals surface area (Å²) in [7, 11) is 3.90. The fraction of sp³-hybridized carbons (Fsp3) is 0.923. The first kappa shape index (κ1) is 29.3. The van der Waals surface area contributed by atoms with Gasteiger partial charge in [-0.15, -0.1) is 11.8 Å². The lowest BCUT2D eigenvalue weighted by Gasteiger charge is -2.26. The van der Waals surface area contributed by atoms with Crippen LogP contribution in [0.25, 0.3) is 0 Å². The molecule has 32 heavy (non-hydrogen) atoms. The third-order valence-corrected chi connectivity index (χ3v) is 7.63. The molecule has 0 saturated carbocycles. The van der Waals surface area contributed by atoms with E-state index >= 15 is 0 Å². The zero-order valence-corrected chi connectivity index (χ0v) is 22.2. The van der Waals surface area contributed by atoms with Gasteiger partial charge >= 0.3 is 0 Å². The van der Waals surface area contributed by atoms with Gasteiger partial charge in [0, 0.05) is 32.2 Å². The van der Waals surface area contributed by atoms with Crippen molar-refractivity contribution >= 4 is 23.6 Å². The van der Waals surface area contributed by atoms with Gasteiger partial charge in [0.25, 0.3) is 0 Å². The van der Waals surface area contributed by atoms with Gasteiger partial charge in [-0.1, -0.05) is 77.6 Å². The van der Waals surface area contributed by atoms with Gasteiger partial charge in [-0.05, 0) is 32.9 Å². The lowest BCUT2D eigenvalue weighted by molar-refractivity contribution is -0.135. The van der Waals surface area contributed by atoms with Crippen molar-refractivity contribution in [2.45, 2.75) is 116 Å². The summed E-state index contributed by atoms with van der Waals surface area (Å²) in [6.45, 7) is 4.15. The molecule has 6 heteroatoms. The van der Waals surface area contributed by atoms with Crippen molar-refractivity contribution in [3.63, 3.8) is 0 Å². The Labute approximate surface area is 202 Å². The van der Waals surface area contributed by atoms with Gasteiger partial charge in [0.1, 0.15) is 0 Å². The standard InChI is InChI=1S/C26H51N3O2S/c1-4-5-6-7-8-9-10-11-12-15-18-25(30)29-23-32-22-24(29)21-26(31)28(3)20-17-14-13-16-19-27-2/h24,27H,4-23H2,1-3H3. The van der Waals surface area contributed by atoms with E-state index in [2.05, 4.69) is 12.2 Å². The maximum atomic E-state index is 12.7. The van der Waals surface area contributed by atoms with Crippen LogP contribution < -0.4 is 5.32 Å². The van der Waals surface area contributed by atoms with Crippen LogP contribution in [0.4, 0.5) is 0 Å². The SMILES string of the molecule is CCCCCCCCCCCCC(=O)N1CSCC1CC(=O)N(C)CCCCCCNC. The second-order valence-corrected chi connectivity index (χ2v) is 10.5. The number of hydrogen-bond donors (Lipinski definition) is 1. The molecule has 0 aromatic rings. The van der Waals surface area contributed by atoms with E-state index in [1.54, 1.807) is 11.8 Å². The number of nitrogens with one attached hydrogen (secondary N) is 1. The van der Waals surface area contributed by atoms with E-state index in [1.807, 2.05) is 23.9 Å². The lowest BCUT2D eigenvalue weighted by Crippen LogP contribution is -2.40. The van der Waals surface area contributed by atoms with Crippen LogP contribution in [0, 0.1) is 0 Å². The molecule has 1 atom stereocenters. The second-order valence-electron chi connectivity index (χ2n) is 9.49. The van der Waals surface area contributed by atoms with Crippen LogP contribution in [0.15, 0.2) is 0 Å². The zero-order valence-electron chi connectivity index (χ0n) is 21.3. The van der Waals surface area contributed by atoms with Gasteiger partial charge in [0.2, 0.25) is 11.8 Å². The molecule has 1 saturated heterocycles. The summed E-state index contributed by atoms with van der Waals surface area (Å²) in [6, 6.07) is 0.0844. The van der Waals surface area contributed by atoms with Crippen LogP contribution in [0.5, 0.6) is 0 Å². The van der Waals surface area contributed by atoms with Crippen molar-refractivity contribution in [2.75, 3.05) is 38.8 Å². The first-order valence-electron chi connectivity index (χ1n) is 13.4. The Hall–Kier alpha value is -0.750. The molecule has 0 radical (unpaired) electrons. The quantitative estimate of drug-likeness (QED) is 0.228. The molecule has 0 spiro atoms. The van der Waals surface area contributed by atoms with Crippen LogP contribution in [-0.4, -0.2) is 66.5 Å². The Morgan fingerprint density at radius 1 is 0.906 bits per heavy atom. The van der Waals surface area contributed by atoms with Gasteiger partial charge in [0.15, 0.2) is 0 Å². The van der Waals surface area contributed by atoms with Gasteiger partial charge < -0.3 is 15.1 Å². The molecule has 0 aromatic heterocycles. The molecule has 1 rings (SSSR count). The predicted octanol–water partition coefficient (Wildman–Crippen LogP) is 5.83. The molecule has 1 aliphatic heterocycles. The highest BCUT2D eigenvalue weighted by Gasteiger charge is 2.31. The molecule has 188 valence electrons. The summed E-state index contributed by atoms with van der Waals surface area (Å²) < 4.78 is 0. The summed E-state index contributed by atoms with van der Waals surface area (Å²) >= 11 is 1.79. The Balaban J connectivity index is 2.14. The third-order valence-electron chi connectivity index (χ3n) is 6.55. The van der Waals surface area contributed by atoms with E-state index in [0.717, 1.165) is 44.0 Å². The monoisotopic (exact) mass is 469 g/mol. The summed E-state index contributed by atoms with van der Waals surface area (Å²) in [5.74, 6) is 2.08. The molecule has 1 heterocycles. The lowest BCUT2D eigenvalue weighted by atomic mass is 10.1. The molecule has 1 unspecified atom stereocenters. The largest absolute Gasteiger partial charge is 0.346 e. The van der Waals surface area contributed by atoms with Crippen LogP contribution in [0.2, 0.25) is 0 Å². The minimum Gasteiger partial charge on any atom is -0.346 e. The Kier molecular flexibility index (Phi) is 18.0. The van der Waals surface area contributed by atoms with Gasteiger partial charge in [-0.2, -0.15) is 0 Å². The van der Waals surface area contributed by atoms with Crippen LogP contribution >= 0.6 is 11.8 Å². The van der Waals surface area contributed by atoms with Crippen molar-refractivity contribution in [3.8, 4) is 0 Å². The Bertz CT molecular complexity index is 490. The minimum atomic E-state index is 0.0844. The first-order valence-corrected chi connectivity index (χ1v) is 14.5. The highest BCUT2D eigenvalue weighted by atomic mass is 32.2. The zero-order chi connectivity index (χ0) is 23.4. The fourth-order valence-corrected chi connectivity index (χ4v) is 5.55. The average molecular weight is 470 g/mol. The van der Waals surface area contributed by atoms with Crippen molar-refractivity contribution in [3.05, 3.63) is 0 Å². The average Bonchev–Trinajstić information content (AvgIpc) is 3.25. The predicted molar refractivity (Wildman–Crippen MR) is 139 cm³/mol. The van der Waals surface area contributed by atoms with E-state index in [1.165, 1.54) is 70.6 Å².